The number of aromatic nitrogens is 1. The summed E-state index contributed by atoms with van der Waals surface area (Å²) in [7, 11) is 0. The number of thiophene rings is 1. The third kappa shape index (κ3) is 3.15. The predicted molar refractivity (Wildman–Crippen MR) is 89.6 cm³/mol. The van der Waals surface area contributed by atoms with E-state index >= 15 is 0 Å². The van der Waals surface area contributed by atoms with Gasteiger partial charge in [0.2, 0.25) is 0 Å². The predicted octanol–water partition coefficient (Wildman–Crippen LogP) is 5.09. The van der Waals surface area contributed by atoms with Gasteiger partial charge in [0, 0.05) is 16.1 Å². The molecule has 0 atom stereocenters. The standard InChI is InChI=1S/C15H11ClN2OS2/c1-9-7-10(16)4-5-11(9)17-14(19)12-8-21-15(18-12)13-3-2-6-20-13/h2-8H,1H3,(H,17,19). The molecule has 2 aromatic heterocycles. The first kappa shape index (κ1) is 14.3. The smallest absolute Gasteiger partial charge is 0.275 e. The number of rotatable bonds is 3. The summed E-state index contributed by atoms with van der Waals surface area (Å²) in [6.07, 6.45) is 0. The lowest BCUT2D eigenvalue weighted by molar-refractivity contribution is 0.102. The molecule has 106 valence electrons. The lowest BCUT2D eigenvalue weighted by Crippen LogP contribution is -2.13. The molecule has 0 fully saturated rings. The van der Waals surface area contributed by atoms with E-state index in [1.165, 1.54) is 11.3 Å². The van der Waals surface area contributed by atoms with Gasteiger partial charge in [0.15, 0.2) is 0 Å². The van der Waals surface area contributed by atoms with Crippen LogP contribution in [-0.2, 0) is 0 Å². The summed E-state index contributed by atoms with van der Waals surface area (Å²) in [6, 6.07) is 9.33. The Morgan fingerprint density at radius 3 is 2.86 bits per heavy atom. The third-order valence-electron chi connectivity index (χ3n) is 2.91. The van der Waals surface area contributed by atoms with Crippen LogP contribution in [0.4, 0.5) is 5.69 Å². The molecule has 3 rings (SSSR count). The number of anilines is 1. The molecular weight excluding hydrogens is 324 g/mol. The van der Waals surface area contributed by atoms with Gasteiger partial charge in [-0.2, -0.15) is 0 Å². The minimum Gasteiger partial charge on any atom is -0.320 e. The van der Waals surface area contributed by atoms with Crippen molar-refractivity contribution in [2.75, 3.05) is 5.32 Å². The molecule has 0 radical (unpaired) electrons. The van der Waals surface area contributed by atoms with E-state index in [0.29, 0.717) is 10.7 Å². The number of hydrogen-bond donors (Lipinski definition) is 1. The van der Waals surface area contributed by atoms with Crippen molar-refractivity contribution < 1.29 is 4.79 Å². The van der Waals surface area contributed by atoms with E-state index < -0.39 is 0 Å². The first-order valence-corrected chi connectivity index (χ1v) is 8.34. The monoisotopic (exact) mass is 334 g/mol. The second-order valence-electron chi connectivity index (χ2n) is 4.43. The molecule has 0 saturated carbocycles. The van der Waals surface area contributed by atoms with Crippen LogP contribution < -0.4 is 5.32 Å². The number of benzene rings is 1. The molecule has 1 amide bonds. The Balaban J connectivity index is 1.79. The van der Waals surface area contributed by atoms with Gasteiger partial charge in [-0.15, -0.1) is 22.7 Å². The highest BCUT2D eigenvalue weighted by Crippen LogP contribution is 2.28. The number of carbonyl (C=O) groups is 1. The molecule has 6 heteroatoms. The summed E-state index contributed by atoms with van der Waals surface area (Å²) < 4.78 is 0. The number of aryl methyl sites for hydroxylation is 1. The first-order chi connectivity index (χ1) is 10.1. The van der Waals surface area contributed by atoms with Gasteiger partial charge in [0.1, 0.15) is 10.7 Å². The van der Waals surface area contributed by atoms with Gasteiger partial charge in [-0.25, -0.2) is 4.98 Å². The zero-order valence-electron chi connectivity index (χ0n) is 11.1. The van der Waals surface area contributed by atoms with E-state index in [-0.39, 0.29) is 5.91 Å². The minimum absolute atomic E-state index is 0.209. The fourth-order valence-corrected chi connectivity index (χ4v) is 3.69. The molecule has 0 aliphatic heterocycles. The van der Waals surface area contributed by atoms with Gasteiger partial charge < -0.3 is 5.32 Å². The maximum absolute atomic E-state index is 12.2. The van der Waals surface area contributed by atoms with E-state index in [1.54, 1.807) is 28.8 Å². The molecule has 0 spiro atoms. The van der Waals surface area contributed by atoms with Crippen molar-refractivity contribution in [1.82, 2.24) is 4.98 Å². The van der Waals surface area contributed by atoms with Crippen LogP contribution in [0.5, 0.6) is 0 Å². The Hall–Kier alpha value is -1.69. The molecule has 0 aliphatic rings. The van der Waals surface area contributed by atoms with E-state index in [9.17, 15) is 4.79 Å². The molecule has 21 heavy (non-hydrogen) atoms. The minimum atomic E-state index is -0.209. The van der Waals surface area contributed by atoms with Crippen molar-refractivity contribution in [2.24, 2.45) is 0 Å². The highest BCUT2D eigenvalue weighted by Gasteiger charge is 2.13. The van der Waals surface area contributed by atoms with E-state index in [2.05, 4.69) is 10.3 Å². The Bertz CT molecular complexity index is 781. The molecule has 3 nitrogen and oxygen atoms in total. The lowest BCUT2D eigenvalue weighted by Gasteiger charge is -2.07. The van der Waals surface area contributed by atoms with Crippen molar-refractivity contribution in [3.63, 3.8) is 0 Å². The van der Waals surface area contributed by atoms with Crippen LogP contribution in [0.3, 0.4) is 0 Å². The maximum atomic E-state index is 12.2. The number of amides is 1. The van der Waals surface area contributed by atoms with Crippen LogP contribution in [0.25, 0.3) is 9.88 Å². The highest BCUT2D eigenvalue weighted by atomic mass is 35.5. The Kier molecular flexibility index (Phi) is 4.05. The van der Waals surface area contributed by atoms with Crippen molar-refractivity contribution in [3.05, 3.63) is 57.4 Å². The number of nitrogens with zero attached hydrogens (tertiary/aromatic N) is 1. The second kappa shape index (κ2) is 5.97. The van der Waals surface area contributed by atoms with Crippen LogP contribution in [0, 0.1) is 6.92 Å². The summed E-state index contributed by atoms with van der Waals surface area (Å²) in [5, 5.41) is 8.15. The second-order valence-corrected chi connectivity index (χ2v) is 6.67. The van der Waals surface area contributed by atoms with Gasteiger partial charge in [0.25, 0.3) is 5.91 Å². The number of carbonyl (C=O) groups excluding carboxylic acids is 1. The maximum Gasteiger partial charge on any atom is 0.275 e. The molecule has 0 bridgehead atoms. The molecule has 1 N–H and O–H groups in total. The van der Waals surface area contributed by atoms with Crippen molar-refractivity contribution in [1.29, 1.82) is 0 Å². The Morgan fingerprint density at radius 1 is 1.29 bits per heavy atom. The molecule has 0 unspecified atom stereocenters. The van der Waals surface area contributed by atoms with Gasteiger partial charge in [0.05, 0.1) is 4.88 Å². The molecule has 3 aromatic rings. The largest absolute Gasteiger partial charge is 0.320 e. The van der Waals surface area contributed by atoms with E-state index in [0.717, 1.165) is 21.1 Å². The highest BCUT2D eigenvalue weighted by molar-refractivity contribution is 7.20. The van der Waals surface area contributed by atoms with Crippen LogP contribution in [0.2, 0.25) is 5.02 Å². The van der Waals surface area contributed by atoms with Crippen LogP contribution in [0.1, 0.15) is 16.1 Å². The summed E-state index contributed by atoms with van der Waals surface area (Å²) >= 11 is 8.99. The fourth-order valence-electron chi connectivity index (χ4n) is 1.85. The SMILES string of the molecule is Cc1cc(Cl)ccc1NC(=O)c1csc(-c2cccs2)n1. The van der Waals surface area contributed by atoms with Crippen LogP contribution >= 0.6 is 34.3 Å². The quantitative estimate of drug-likeness (QED) is 0.725. The summed E-state index contributed by atoms with van der Waals surface area (Å²) in [6.45, 7) is 1.90. The number of thiazole rings is 1. The summed E-state index contributed by atoms with van der Waals surface area (Å²) in [4.78, 5) is 17.7. The third-order valence-corrected chi connectivity index (χ3v) is 5.02. The van der Waals surface area contributed by atoms with Crippen LogP contribution in [-0.4, -0.2) is 10.9 Å². The number of halogens is 1. The van der Waals surface area contributed by atoms with Gasteiger partial charge in [-0.3, -0.25) is 4.79 Å². The van der Waals surface area contributed by atoms with Crippen molar-refractivity contribution in [3.8, 4) is 9.88 Å². The molecule has 1 aromatic carbocycles. The molecule has 0 saturated heterocycles. The zero-order valence-corrected chi connectivity index (χ0v) is 13.5. The first-order valence-electron chi connectivity index (χ1n) is 6.20. The van der Waals surface area contributed by atoms with Crippen molar-refractivity contribution in [2.45, 2.75) is 6.92 Å². The normalized spacial score (nSPS) is 10.6. The Morgan fingerprint density at radius 2 is 2.14 bits per heavy atom. The van der Waals surface area contributed by atoms with Gasteiger partial charge >= 0.3 is 0 Å². The Labute approximate surface area is 135 Å². The fraction of sp³-hybridized carbons (Fsp3) is 0.0667. The molecular formula is C15H11ClN2OS2. The summed E-state index contributed by atoms with van der Waals surface area (Å²) in [5.41, 5.74) is 2.09. The zero-order chi connectivity index (χ0) is 14.8. The van der Waals surface area contributed by atoms with Gasteiger partial charge in [-0.05, 0) is 42.1 Å². The number of nitrogens with one attached hydrogen (secondary N) is 1. The summed E-state index contributed by atoms with van der Waals surface area (Å²) in [5.74, 6) is -0.209. The van der Waals surface area contributed by atoms with Crippen LogP contribution in [0.15, 0.2) is 41.1 Å². The van der Waals surface area contributed by atoms with Crippen molar-refractivity contribution >= 4 is 45.9 Å². The van der Waals surface area contributed by atoms with E-state index in [1.807, 2.05) is 30.5 Å². The van der Waals surface area contributed by atoms with Gasteiger partial charge in [-0.1, -0.05) is 17.7 Å². The average molecular weight is 335 g/mol. The lowest BCUT2D eigenvalue weighted by atomic mass is 10.2. The topological polar surface area (TPSA) is 42.0 Å². The molecule has 0 aliphatic carbocycles. The number of hydrogen-bond acceptors (Lipinski definition) is 4. The molecule has 2 heterocycles. The van der Waals surface area contributed by atoms with E-state index in [4.69, 9.17) is 11.6 Å². The average Bonchev–Trinajstić information content (AvgIpc) is 3.10.